The number of fused-ring (bicyclic) bond motifs is 1. The highest BCUT2D eigenvalue weighted by atomic mass is 32.2. The van der Waals surface area contributed by atoms with Crippen molar-refractivity contribution in [1.82, 2.24) is 14.2 Å². The van der Waals surface area contributed by atoms with Gasteiger partial charge in [0, 0.05) is 30.2 Å². The Balaban J connectivity index is 1.45. The highest BCUT2D eigenvalue weighted by Crippen LogP contribution is 2.29. The topological polar surface area (TPSA) is 71.4 Å². The molecule has 2 aromatic carbocycles. The summed E-state index contributed by atoms with van der Waals surface area (Å²) in [4.78, 5) is 12.9. The van der Waals surface area contributed by atoms with Crippen LogP contribution in [-0.2, 0) is 16.6 Å². The Morgan fingerprint density at radius 3 is 2.41 bits per heavy atom. The number of carbonyl (C=O) groups is 1. The van der Waals surface area contributed by atoms with Crippen LogP contribution in [0.2, 0.25) is 0 Å². The fourth-order valence-electron chi connectivity index (χ4n) is 4.65. The van der Waals surface area contributed by atoms with Crippen molar-refractivity contribution in [2.75, 3.05) is 0 Å². The van der Waals surface area contributed by atoms with Gasteiger partial charge >= 0.3 is 6.03 Å². The van der Waals surface area contributed by atoms with Crippen molar-refractivity contribution in [2.24, 2.45) is 0 Å². The fraction of sp³-hybridized carbons (Fsp3) is 0.400. The second-order valence-electron chi connectivity index (χ2n) is 8.77. The molecule has 1 fully saturated rings. The van der Waals surface area contributed by atoms with Crippen LogP contribution in [0.25, 0.3) is 10.9 Å². The third kappa shape index (κ3) is 4.59. The highest BCUT2D eigenvalue weighted by molar-refractivity contribution is 7.89. The summed E-state index contributed by atoms with van der Waals surface area (Å²) in [7, 11) is -3.57. The van der Waals surface area contributed by atoms with Gasteiger partial charge in [0.2, 0.25) is 10.0 Å². The molecule has 0 spiro atoms. The summed E-state index contributed by atoms with van der Waals surface area (Å²) in [5.74, 6) is 0. The van der Waals surface area contributed by atoms with Gasteiger partial charge in [-0.3, -0.25) is 4.57 Å². The first-order valence-electron chi connectivity index (χ1n) is 11.3. The van der Waals surface area contributed by atoms with Gasteiger partial charge in [-0.05, 0) is 56.5 Å². The zero-order valence-corrected chi connectivity index (χ0v) is 19.5. The van der Waals surface area contributed by atoms with Gasteiger partial charge in [0.1, 0.15) is 0 Å². The van der Waals surface area contributed by atoms with Crippen molar-refractivity contribution in [3.05, 3.63) is 66.4 Å². The molecule has 1 aliphatic carbocycles. The number of hydrogen-bond acceptors (Lipinski definition) is 3. The van der Waals surface area contributed by atoms with Crippen molar-refractivity contribution in [1.29, 1.82) is 0 Å². The number of nitrogens with one attached hydrogen (secondary N) is 1. The lowest BCUT2D eigenvalue weighted by atomic mass is 9.95. The number of hydrogen-bond donors (Lipinski definition) is 1. The van der Waals surface area contributed by atoms with Crippen molar-refractivity contribution in [3.63, 3.8) is 0 Å². The predicted molar refractivity (Wildman–Crippen MR) is 127 cm³/mol. The van der Waals surface area contributed by atoms with Gasteiger partial charge in [-0.25, -0.2) is 13.2 Å². The largest absolute Gasteiger partial charge is 0.333 e. The van der Waals surface area contributed by atoms with Crippen LogP contribution in [0.15, 0.2) is 65.7 Å². The number of sulfonamides is 1. The molecule has 0 unspecified atom stereocenters. The van der Waals surface area contributed by atoms with Gasteiger partial charge in [0.05, 0.1) is 10.4 Å². The number of aromatic nitrogens is 1. The summed E-state index contributed by atoms with van der Waals surface area (Å²) in [5.41, 5.74) is 1.70. The molecule has 0 atom stereocenters. The van der Waals surface area contributed by atoms with Crippen LogP contribution in [-0.4, -0.2) is 35.4 Å². The average molecular weight is 454 g/mol. The average Bonchev–Trinajstić information content (AvgIpc) is 3.22. The Bertz CT molecular complexity index is 1180. The van der Waals surface area contributed by atoms with Crippen LogP contribution < -0.4 is 5.32 Å². The molecule has 7 heteroatoms. The maximum atomic E-state index is 13.4. The van der Waals surface area contributed by atoms with E-state index in [-0.39, 0.29) is 18.1 Å². The molecule has 170 valence electrons. The number of carbonyl (C=O) groups excluding carboxylic acids is 1. The second kappa shape index (κ2) is 9.46. The van der Waals surface area contributed by atoms with Crippen LogP contribution >= 0.6 is 0 Å². The minimum Gasteiger partial charge on any atom is -0.333 e. The summed E-state index contributed by atoms with van der Waals surface area (Å²) in [6.45, 7) is 4.21. The standard InChI is InChI=1S/C25H31N3O3S/c1-19(2)28(22-9-4-3-5-10-22)32(30,31)23-14-12-20(13-15-23)18-26-25(29)27-17-16-21-8-6-7-11-24(21)27/h6-8,11-17,19,22H,3-5,9-10,18H2,1-2H3,(H,26,29). The molecule has 1 aliphatic rings. The Kier molecular flexibility index (Phi) is 6.67. The second-order valence-corrected chi connectivity index (χ2v) is 10.6. The third-order valence-corrected chi connectivity index (χ3v) is 8.35. The van der Waals surface area contributed by atoms with E-state index >= 15 is 0 Å². The molecule has 1 heterocycles. The molecule has 4 rings (SSSR count). The van der Waals surface area contributed by atoms with E-state index in [9.17, 15) is 13.2 Å². The third-order valence-electron chi connectivity index (χ3n) is 6.20. The Labute approximate surface area is 190 Å². The summed E-state index contributed by atoms with van der Waals surface area (Å²) in [6, 6.07) is 16.2. The van der Waals surface area contributed by atoms with Crippen molar-refractivity contribution in [2.45, 2.75) is 69.5 Å². The van der Waals surface area contributed by atoms with Crippen molar-refractivity contribution in [3.8, 4) is 0 Å². The summed E-state index contributed by atoms with van der Waals surface area (Å²) >= 11 is 0. The monoisotopic (exact) mass is 453 g/mol. The number of benzene rings is 2. The highest BCUT2D eigenvalue weighted by Gasteiger charge is 2.34. The molecule has 32 heavy (non-hydrogen) atoms. The van der Waals surface area contributed by atoms with Gasteiger partial charge in [0.15, 0.2) is 0 Å². The Morgan fingerprint density at radius 2 is 1.72 bits per heavy atom. The first kappa shape index (κ1) is 22.6. The number of nitrogens with zero attached hydrogens (tertiary/aromatic N) is 2. The molecule has 1 saturated carbocycles. The lowest BCUT2D eigenvalue weighted by Gasteiger charge is -2.36. The lowest BCUT2D eigenvalue weighted by molar-refractivity contribution is 0.220. The molecule has 1 amide bonds. The number of rotatable bonds is 6. The van der Waals surface area contributed by atoms with E-state index < -0.39 is 10.0 Å². The molecule has 1 N–H and O–H groups in total. The van der Waals surface area contributed by atoms with Crippen LogP contribution in [0.5, 0.6) is 0 Å². The molecule has 1 aromatic heterocycles. The van der Waals surface area contributed by atoms with E-state index in [2.05, 4.69) is 5.32 Å². The molecular formula is C25H31N3O3S. The molecule has 0 bridgehead atoms. The molecule has 0 saturated heterocycles. The molecule has 0 aliphatic heterocycles. The van der Waals surface area contributed by atoms with Crippen LogP contribution in [0.3, 0.4) is 0 Å². The predicted octanol–water partition coefficient (Wildman–Crippen LogP) is 5.13. The summed E-state index contributed by atoms with van der Waals surface area (Å²) in [6.07, 6.45) is 6.95. The van der Waals surface area contributed by atoms with Crippen LogP contribution in [0.1, 0.15) is 51.5 Å². The maximum Gasteiger partial charge on any atom is 0.326 e. The minimum atomic E-state index is -3.57. The van der Waals surface area contributed by atoms with Crippen molar-refractivity contribution >= 4 is 27.0 Å². The fourth-order valence-corrected chi connectivity index (χ4v) is 6.54. The van der Waals surface area contributed by atoms with E-state index in [4.69, 9.17) is 0 Å². The number of amides is 1. The Hall–Kier alpha value is -2.64. The minimum absolute atomic E-state index is 0.0732. The smallest absolute Gasteiger partial charge is 0.326 e. The normalized spacial score (nSPS) is 15.5. The Morgan fingerprint density at radius 1 is 1.03 bits per heavy atom. The molecule has 3 aromatic rings. The maximum absolute atomic E-state index is 13.4. The van der Waals surface area contributed by atoms with Gasteiger partial charge in [-0.1, -0.05) is 49.6 Å². The number of para-hydroxylation sites is 1. The van der Waals surface area contributed by atoms with Crippen LogP contribution in [0.4, 0.5) is 4.79 Å². The molecular weight excluding hydrogens is 422 g/mol. The van der Waals surface area contributed by atoms with E-state index in [0.717, 1.165) is 42.1 Å². The zero-order valence-electron chi connectivity index (χ0n) is 18.7. The van der Waals surface area contributed by atoms with Gasteiger partial charge in [0.25, 0.3) is 0 Å². The van der Waals surface area contributed by atoms with Crippen LogP contribution in [0, 0.1) is 0 Å². The summed E-state index contributed by atoms with van der Waals surface area (Å²) in [5, 5.41) is 3.91. The van der Waals surface area contributed by atoms with E-state index in [1.54, 1.807) is 39.3 Å². The first-order valence-corrected chi connectivity index (χ1v) is 12.8. The van der Waals surface area contributed by atoms with Gasteiger partial charge in [-0.15, -0.1) is 0 Å². The molecule has 0 radical (unpaired) electrons. The first-order chi connectivity index (χ1) is 15.4. The lowest BCUT2D eigenvalue weighted by Crippen LogP contribution is -2.45. The zero-order chi connectivity index (χ0) is 22.7. The van der Waals surface area contributed by atoms with E-state index in [0.29, 0.717) is 11.4 Å². The SMILES string of the molecule is CC(C)N(C1CCCCC1)S(=O)(=O)c1ccc(CNC(=O)n2ccc3ccccc32)cc1. The van der Waals surface area contributed by atoms with E-state index in [1.807, 2.05) is 44.2 Å². The molecule has 6 nitrogen and oxygen atoms in total. The van der Waals surface area contributed by atoms with Gasteiger partial charge in [-0.2, -0.15) is 4.31 Å². The van der Waals surface area contributed by atoms with Gasteiger partial charge < -0.3 is 5.32 Å². The summed E-state index contributed by atoms with van der Waals surface area (Å²) < 4.78 is 30.0. The quantitative estimate of drug-likeness (QED) is 0.562. The van der Waals surface area contributed by atoms with E-state index in [1.165, 1.54) is 6.42 Å². The van der Waals surface area contributed by atoms with Crippen molar-refractivity contribution < 1.29 is 13.2 Å².